The molecule has 1 aromatic carbocycles. The van der Waals surface area contributed by atoms with Gasteiger partial charge in [-0.25, -0.2) is 9.78 Å². The third kappa shape index (κ3) is 4.99. The highest BCUT2D eigenvalue weighted by atomic mass is 16.5. The summed E-state index contributed by atoms with van der Waals surface area (Å²) >= 11 is 0. The van der Waals surface area contributed by atoms with Gasteiger partial charge in [0.15, 0.2) is 12.4 Å². The maximum absolute atomic E-state index is 13.0. The average Bonchev–Trinajstić information content (AvgIpc) is 3.62. The monoisotopic (exact) mass is 499 g/mol. The van der Waals surface area contributed by atoms with E-state index in [1.54, 1.807) is 25.1 Å². The standard InChI is InChI=1S/C27H25N5O5/c1-16-21(18(3)32(30-16)14-19-8-5-4-6-9-19)13-28-24(33)15-36-27(34)20-12-22(23-10-7-11-35-23)29-26-25(20)17(2)31-37-26/h4-12H,13-15H2,1-3H3,(H,28,33). The van der Waals surface area contributed by atoms with Gasteiger partial charge in [-0.3, -0.25) is 9.48 Å². The average molecular weight is 500 g/mol. The van der Waals surface area contributed by atoms with E-state index >= 15 is 0 Å². The van der Waals surface area contributed by atoms with Crippen molar-refractivity contribution < 1.29 is 23.3 Å². The molecule has 1 N–H and O–H groups in total. The molecule has 10 nitrogen and oxygen atoms in total. The third-order valence-corrected chi connectivity index (χ3v) is 6.11. The molecule has 5 aromatic rings. The number of aromatic nitrogens is 4. The molecule has 0 spiro atoms. The number of hydrogen-bond acceptors (Lipinski definition) is 8. The van der Waals surface area contributed by atoms with Crippen molar-refractivity contribution in [3.63, 3.8) is 0 Å². The zero-order chi connectivity index (χ0) is 25.9. The number of benzene rings is 1. The summed E-state index contributed by atoms with van der Waals surface area (Å²) in [5, 5.41) is 11.8. The van der Waals surface area contributed by atoms with Crippen LogP contribution in [0.15, 0.2) is 63.7 Å². The fraction of sp³-hybridized carbons (Fsp3) is 0.222. The van der Waals surface area contributed by atoms with E-state index in [2.05, 4.69) is 20.6 Å². The highest BCUT2D eigenvalue weighted by Crippen LogP contribution is 2.27. The van der Waals surface area contributed by atoms with Crippen LogP contribution in [0.2, 0.25) is 0 Å². The van der Waals surface area contributed by atoms with Gasteiger partial charge in [-0.15, -0.1) is 0 Å². The van der Waals surface area contributed by atoms with Crippen molar-refractivity contribution in [2.24, 2.45) is 0 Å². The van der Waals surface area contributed by atoms with Gasteiger partial charge in [0.1, 0.15) is 5.69 Å². The highest BCUT2D eigenvalue weighted by molar-refractivity contribution is 6.04. The zero-order valence-electron chi connectivity index (χ0n) is 20.6. The lowest BCUT2D eigenvalue weighted by molar-refractivity contribution is -0.124. The Hall–Kier alpha value is -4.73. The molecule has 0 fully saturated rings. The number of carbonyl (C=O) groups is 2. The molecular weight excluding hydrogens is 474 g/mol. The van der Waals surface area contributed by atoms with Crippen LogP contribution in [0.1, 0.15) is 38.6 Å². The Bertz CT molecular complexity index is 1570. The molecule has 0 aliphatic heterocycles. The van der Waals surface area contributed by atoms with E-state index in [-0.39, 0.29) is 17.8 Å². The first-order valence-corrected chi connectivity index (χ1v) is 11.7. The number of hydrogen-bond donors (Lipinski definition) is 1. The Morgan fingerprint density at radius 3 is 2.62 bits per heavy atom. The number of carbonyl (C=O) groups excluding carboxylic acids is 2. The maximum Gasteiger partial charge on any atom is 0.339 e. The number of rotatable bonds is 8. The molecule has 1 amide bonds. The SMILES string of the molecule is Cc1nn(Cc2ccccc2)c(C)c1CNC(=O)COC(=O)c1cc(-c2ccco2)nc2onc(C)c12. The minimum atomic E-state index is -0.690. The van der Waals surface area contributed by atoms with Crippen molar-refractivity contribution in [1.29, 1.82) is 0 Å². The van der Waals surface area contributed by atoms with Gasteiger partial charge in [0.2, 0.25) is 0 Å². The molecule has 0 aliphatic rings. The second kappa shape index (κ2) is 10.1. The van der Waals surface area contributed by atoms with E-state index in [4.69, 9.17) is 13.7 Å². The molecule has 10 heteroatoms. The number of fused-ring (bicyclic) bond motifs is 1. The molecular formula is C27H25N5O5. The summed E-state index contributed by atoms with van der Waals surface area (Å²) in [6.45, 7) is 6.04. The number of aryl methyl sites for hydroxylation is 2. The Morgan fingerprint density at radius 1 is 1.05 bits per heavy atom. The van der Waals surface area contributed by atoms with Crippen molar-refractivity contribution in [2.45, 2.75) is 33.9 Å². The van der Waals surface area contributed by atoms with Crippen molar-refractivity contribution in [1.82, 2.24) is 25.2 Å². The van der Waals surface area contributed by atoms with Gasteiger partial charge >= 0.3 is 5.97 Å². The van der Waals surface area contributed by atoms with Crippen LogP contribution in [-0.4, -0.2) is 38.4 Å². The first-order chi connectivity index (χ1) is 17.9. The summed E-state index contributed by atoms with van der Waals surface area (Å²) in [5.74, 6) is -0.660. The van der Waals surface area contributed by atoms with Gasteiger partial charge in [-0.2, -0.15) is 5.10 Å². The zero-order valence-corrected chi connectivity index (χ0v) is 20.6. The Labute approximate surface area is 212 Å². The molecule has 0 saturated carbocycles. The van der Waals surface area contributed by atoms with E-state index in [0.29, 0.717) is 29.1 Å². The van der Waals surface area contributed by atoms with Crippen LogP contribution in [0, 0.1) is 20.8 Å². The fourth-order valence-corrected chi connectivity index (χ4v) is 4.15. The van der Waals surface area contributed by atoms with Gasteiger partial charge in [-0.1, -0.05) is 35.5 Å². The lowest BCUT2D eigenvalue weighted by atomic mass is 10.1. The van der Waals surface area contributed by atoms with E-state index in [1.165, 1.54) is 6.26 Å². The predicted octanol–water partition coefficient (Wildman–Crippen LogP) is 4.13. The van der Waals surface area contributed by atoms with E-state index < -0.39 is 18.5 Å². The maximum atomic E-state index is 13.0. The summed E-state index contributed by atoms with van der Waals surface area (Å²) in [6, 6.07) is 15.0. The normalized spacial score (nSPS) is 11.1. The molecule has 5 rings (SSSR count). The van der Waals surface area contributed by atoms with Gasteiger partial charge in [-0.05, 0) is 44.5 Å². The molecule has 0 aliphatic carbocycles. The molecule has 0 radical (unpaired) electrons. The smallest absolute Gasteiger partial charge is 0.339 e. The molecule has 4 heterocycles. The Morgan fingerprint density at radius 2 is 1.86 bits per heavy atom. The van der Waals surface area contributed by atoms with Crippen LogP contribution >= 0.6 is 0 Å². The van der Waals surface area contributed by atoms with Crippen molar-refractivity contribution in [3.05, 3.63) is 88.6 Å². The second-order valence-corrected chi connectivity index (χ2v) is 8.63. The topological polar surface area (TPSA) is 125 Å². The molecule has 0 unspecified atom stereocenters. The van der Waals surface area contributed by atoms with Gasteiger partial charge in [0, 0.05) is 17.8 Å². The molecule has 37 heavy (non-hydrogen) atoms. The molecule has 188 valence electrons. The summed E-state index contributed by atoms with van der Waals surface area (Å²) in [4.78, 5) is 29.9. The van der Waals surface area contributed by atoms with Crippen LogP contribution in [0.25, 0.3) is 22.6 Å². The Balaban J connectivity index is 1.24. The molecule has 0 saturated heterocycles. The first-order valence-electron chi connectivity index (χ1n) is 11.7. The summed E-state index contributed by atoms with van der Waals surface area (Å²) in [6.07, 6.45) is 1.50. The van der Waals surface area contributed by atoms with E-state index in [9.17, 15) is 9.59 Å². The molecule has 0 bridgehead atoms. The van der Waals surface area contributed by atoms with E-state index in [0.717, 1.165) is 22.5 Å². The van der Waals surface area contributed by atoms with Crippen LogP contribution < -0.4 is 5.32 Å². The quantitative estimate of drug-likeness (QED) is 0.316. The lowest BCUT2D eigenvalue weighted by Crippen LogP contribution is -2.28. The number of esters is 1. The van der Waals surface area contributed by atoms with Gasteiger partial charge in [0.05, 0.1) is 35.1 Å². The third-order valence-electron chi connectivity index (χ3n) is 6.11. The number of nitrogens with one attached hydrogen (secondary N) is 1. The van der Waals surface area contributed by atoms with Crippen LogP contribution in [0.3, 0.4) is 0 Å². The minimum absolute atomic E-state index is 0.182. The summed E-state index contributed by atoms with van der Waals surface area (Å²) < 4.78 is 17.9. The summed E-state index contributed by atoms with van der Waals surface area (Å²) in [7, 11) is 0. The molecule has 4 aromatic heterocycles. The van der Waals surface area contributed by atoms with E-state index in [1.807, 2.05) is 48.9 Å². The number of amides is 1. The van der Waals surface area contributed by atoms with Crippen molar-refractivity contribution in [3.8, 4) is 11.5 Å². The number of pyridine rings is 1. The van der Waals surface area contributed by atoms with Crippen LogP contribution in [-0.2, 0) is 22.6 Å². The van der Waals surface area contributed by atoms with Crippen LogP contribution in [0.5, 0.6) is 0 Å². The second-order valence-electron chi connectivity index (χ2n) is 8.63. The van der Waals surface area contributed by atoms with Crippen molar-refractivity contribution >= 4 is 23.0 Å². The van der Waals surface area contributed by atoms with Crippen LogP contribution in [0.4, 0.5) is 0 Å². The first kappa shape index (κ1) is 24.0. The predicted molar refractivity (Wildman–Crippen MR) is 134 cm³/mol. The van der Waals surface area contributed by atoms with Gasteiger partial charge in [0.25, 0.3) is 11.6 Å². The highest BCUT2D eigenvalue weighted by Gasteiger charge is 2.22. The van der Waals surface area contributed by atoms with Crippen molar-refractivity contribution in [2.75, 3.05) is 6.61 Å². The number of ether oxygens (including phenoxy) is 1. The van der Waals surface area contributed by atoms with Gasteiger partial charge < -0.3 is 19.0 Å². The minimum Gasteiger partial charge on any atom is -0.463 e. The number of nitrogens with zero attached hydrogens (tertiary/aromatic N) is 4. The number of furan rings is 1. The Kier molecular flexibility index (Phi) is 6.55. The fourth-order valence-electron chi connectivity index (χ4n) is 4.15. The molecule has 0 atom stereocenters. The largest absolute Gasteiger partial charge is 0.463 e. The summed E-state index contributed by atoms with van der Waals surface area (Å²) in [5.41, 5.74) is 5.11. The lowest BCUT2D eigenvalue weighted by Gasteiger charge is -2.09.